The molecule has 0 aromatic carbocycles. The van der Waals surface area contributed by atoms with E-state index in [1.54, 1.807) is 4.90 Å². The number of nitrogens with zero attached hydrogens (tertiary/aromatic N) is 2. The lowest BCUT2D eigenvalue weighted by molar-refractivity contribution is -0.143. The summed E-state index contributed by atoms with van der Waals surface area (Å²) in [5.41, 5.74) is 0.260. The second-order valence-corrected chi connectivity index (χ2v) is 9.35. The van der Waals surface area contributed by atoms with Crippen molar-refractivity contribution in [2.24, 2.45) is 10.4 Å². The Bertz CT molecular complexity index is 1070. The fourth-order valence-electron chi connectivity index (χ4n) is 3.78. The molecule has 0 bridgehead atoms. The average Bonchev–Trinajstić information content (AvgIpc) is 3.24. The fourth-order valence-corrected chi connectivity index (χ4v) is 4.87. The Kier molecular flexibility index (Phi) is 3.94. The summed E-state index contributed by atoms with van der Waals surface area (Å²) in [6.45, 7) is 8.45. The molecule has 2 N–H and O–H groups in total. The van der Waals surface area contributed by atoms with Crippen molar-refractivity contribution in [3.8, 4) is 0 Å². The van der Waals surface area contributed by atoms with Crippen molar-refractivity contribution in [2.45, 2.75) is 39.8 Å². The van der Waals surface area contributed by atoms with Gasteiger partial charge < -0.3 is 15.0 Å². The summed E-state index contributed by atoms with van der Waals surface area (Å²) in [5.74, 6) is -0.0937. The number of fused-ring (bicyclic) bond motifs is 3. The number of carbonyl (C=O) groups excluding carboxylic acids is 1. The molecule has 7 heteroatoms. The second-order valence-electron chi connectivity index (χ2n) is 8.30. The summed E-state index contributed by atoms with van der Waals surface area (Å²) in [6.07, 6.45) is 3.84. The van der Waals surface area contributed by atoms with E-state index in [0.29, 0.717) is 23.5 Å². The largest absolute Gasteiger partial charge is 0.381 e. The van der Waals surface area contributed by atoms with E-state index >= 15 is 0 Å². The molecule has 0 saturated heterocycles. The fraction of sp³-hybridized carbons (Fsp3) is 0.450. The van der Waals surface area contributed by atoms with Gasteiger partial charge in [-0.15, -0.1) is 11.3 Å². The third kappa shape index (κ3) is 2.68. The highest BCUT2D eigenvalue weighted by Gasteiger charge is 2.49. The quantitative estimate of drug-likeness (QED) is 0.791. The molecule has 4 rings (SSSR count). The lowest BCUT2D eigenvalue weighted by atomic mass is 9.70. The molecule has 1 amide bonds. The Labute approximate surface area is 161 Å². The molecular formula is C20H23N3O3S. The van der Waals surface area contributed by atoms with Gasteiger partial charge in [-0.05, 0) is 11.5 Å². The molecule has 4 heterocycles. The minimum absolute atomic E-state index is 0.0937. The van der Waals surface area contributed by atoms with Crippen LogP contribution in [0.3, 0.4) is 0 Å². The van der Waals surface area contributed by atoms with Crippen molar-refractivity contribution < 1.29 is 9.90 Å². The number of rotatable bonds is 1. The smallest absolute Gasteiger partial charge is 0.266 e. The highest BCUT2D eigenvalue weighted by molar-refractivity contribution is 7.20. The molecular weight excluding hydrogens is 362 g/mol. The number of amides is 1. The van der Waals surface area contributed by atoms with E-state index in [1.165, 1.54) is 18.3 Å². The molecule has 2 aromatic rings. The van der Waals surface area contributed by atoms with E-state index < -0.39 is 11.0 Å². The maximum absolute atomic E-state index is 12.8. The normalized spacial score (nSPS) is 22.3. The third-order valence-corrected chi connectivity index (χ3v) is 6.79. The van der Waals surface area contributed by atoms with Crippen LogP contribution in [0, 0.1) is 5.41 Å². The van der Waals surface area contributed by atoms with E-state index in [9.17, 15) is 14.7 Å². The minimum Gasteiger partial charge on any atom is -0.381 e. The van der Waals surface area contributed by atoms with Crippen molar-refractivity contribution in [1.29, 1.82) is 0 Å². The number of carbonyl (C=O) groups is 1. The molecule has 142 valence electrons. The Morgan fingerprint density at radius 1 is 1.41 bits per heavy atom. The minimum atomic E-state index is -1.34. The number of β-amino-alcohol motifs (C(OH)–C–C–N with tert-alkyl or cyclic N) is 1. The summed E-state index contributed by atoms with van der Waals surface area (Å²) in [6, 6.07) is 1.99. The van der Waals surface area contributed by atoms with Crippen LogP contribution in [0.2, 0.25) is 0 Å². The van der Waals surface area contributed by atoms with Gasteiger partial charge in [0.1, 0.15) is 10.3 Å². The van der Waals surface area contributed by atoms with Crippen molar-refractivity contribution >= 4 is 39.1 Å². The van der Waals surface area contributed by atoms with Crippen molar-refractivity contribution in [3.63, 3.8) is 0 Å². The first kappa shape index (κ1) is 18.1. The number of hydrogen-bond donors (Lipinski definition) is 2. The molecule has 6 nitrogen and oxygen atoms in total. The van der Waals surface area contributed by atoms with Crippen molar-refractivity contribution in [1.82, 2.24) is 9.88 Å². The van der Waals surface area contributed by atoms with Crippen molar-refractivity contribution in [3.05, 3.63) is 38.6 Å². The number of aliphatic hydroxyl groups is 1. The van der Waals surface area contributed by atoms with Crippen LogP contribution in [0.5, 0.6) is 0 Å². The molecule has 0 radical (unpaired) electrons. The Morgan fingerprint density at radius 3 is 2.74 bits per heavy atom. The number of nitrogens with one attached hydrogen (secondary N) is 1. The molecule has 0 aliphatic carbocycles. The second kappa shape index (κ2) is 5.87. The number of pyridine rings is 1. The number of aromatic nitrogens is 1. The van der Waals surface area contributed by atoms with Crippen LogP contribution < -0.4 is 5.56 Å². The van der Waals surface area contributed by atoms with Crippen molar-refractivity contribution in [2.75, 3.05) is 13.1 Å². The summed E-state index contributed by atoms with van der Waals surface area (Å²) in [4.78, 5) is 34.8. The zero-order chi connectivity index (χ0) is 19.6. The topological polar surface area (TPSA) is 85.8 Å². The predicted octanol–water partition coefficient (Wildman–Crippen LogP) is 2.65. The van der Waals surface area contributed by atoms with E-state index in [0.717, 1.165) is 21.4 Å². The molecule has 27 heavy (non-hydrogen) atoms. The molecule has 2 aliphatic rings. The van der Waals surface area contributed by atoms with Gasteiger partial charge in [0, 0.05) is 41.1 Å². The number of aliphatic imine (C=N–C) groups is 1. The van der Waals surface area contributed by atoms with Crippen LogP contribution in [0.4, 0.5) is 0 Å². The number of hydrogen-bond acceptors (Lipinski definition) is 5. The molecule has 0 fully saturated rings. The Balaban J connectivity index is 2.01. The monoisotopic (exact) mass is 385 g/mol. The first-order valence-corrected chi connectivity index (χ1v) is 9.81. The van der Waals surface area contributed by atoms with E-state index in [1.807, 2.05) is 39.1 Å². The Hall–Kier alpha value is -2.25. The van der Waals surface area contributed by atoms with Crippen LogP contribution >= 0.6 is 11.3 Å². The van der Waals surface area contributed by atoms with E-state index in [-0.39, 0.29) is 18.0 Å². The standard InChI is InChI=1S/C20H23N3O3S/c1-11(24)23-9-14-13-7-15(12-5-6-21-8-12)27-16(13)18(25)22-17(14)20(26,10-23)19(2,3)4/h5,7-8,26H,6,9-10H2,1-4H3,(H,22,25). The molecule has 1 unspecified atom stereocenters. The highest BCUT2D eigenvalue weighted by Crippen LogP contribution is 2.45. The summed E-state index contributed by atoms with van der Waals surface area (Å²) in [5, 5.41) is 12.4. The van der Waals surface area contributed by atoms with Gasteiger partial charge in [-0.2, -0.15) is 0 Å². The lowest BCUT2D eigenvalue weighted by Crippen LogP contribution is -2.55. The van der Waals surface area contributed by atoms with Crippen LogP contribution in [0.15, 0.2) is 21.9 Å². The highest BCUT2D eigenvalue weighted by atomic mass is 32.1. The van der Waals surface area contributed by atoms with Gasteiger partial charge in [0.25, 0.3) is 5.56 Å². The zero-order valence-electron chi connectivity index (χ0n) is 15.9. The molecule has 2 aromatic heterocycles. The molecule has 0 saturated carbocycles. The third-order valence-electron chi connectivity index (χ3n) is 5.60. The SMILES string of the molecule is CC(=O)N1Cc2c([nH]c(=O)c3sc(C4=CCN=C4)cc23)C(O)(C(C)(C)C)C1. The van der Waals surface area contributed by atoms with Crippen LogP contribution in [-0.4, -0.2) is 40.2 Å². The Morgan fingerprint density at radius 2 is 2.15 bits per heavy atom. The first-order valence-electron chi connectivity index (χ1n) is 8.99. The van der Waals surface area contributed by atoms with Gasteiger partial charge in [-0.25, -0.2) is 0 Å². The van der Waals surface area contributed by atoms with Gasteiger partial charge in [0.2, 0.25) is 5.91 Å². The summed E-state index contributed by atoms with van der Waals surface area (Å²) >= 11 is 1.42. The maximum atomic E-state index is 12.8. The van der Waals surface area contributed by atoms with Gasteiger partial charge in [0.05, 0.1) is 18.8 Å². The number of H-pyrrole nitrogens is 1. The first-order chi connectivity index (χ1) is 12.6. The number of aromatic amines is 1. The van der Waals surface area contributed by atoms with E-state index in [2.05, 4.69) is 9.98 Å². The van der Waals surface area contributed by atoms with Crippen LogP contribution in [0.1, 0.15) is 43.8 Å². The van der Waals surface area contributed by atoms with Crippen LogP contribution in [-0.2, 0) is 16.9 Å². The van der Waals surface area contributed by atoms with Gasteiger partial charge >= 0.3 is 0 Å². The van der Waals surface area contributed by atoms with E-state index in [4.69, 9.17) is 0 Å². The molecule has 2 aliphatic heterocycles. The molecule has 0 spiro atoms. The molecule has 1 atom stereocenters. The van der Waals surface area contributed by atoms with Gasteiger partial charge in [-0.3, -0.25) is 14.6 Å². The zero-order valence-corrected chi connectivity index (χ0v) is 16.7. The van der Waals surface area contributed by atoms with Crippen LogP contribution in [0.25, 0.3) is 15.7 Å². The van der Waals surface area contributed by atoms with Gasteiger partial charge in [0.15, 0.2) is 0 Å². The maximum Gasteiger partial charge on any atom is 0.266 e. The summed E-state index contributed by atoms with van der Waals surface area (Å²) in [7, 11) is 0. The number of thiophene rings is 1. The lowest BCUT2D eigenvalue weighted by Gasteiger charge is -2.47. The number of allylic oxidation sites excluding steroid dienone is 1. The average molecular weight is 385 g/mol. The van der Waals surface area contributed by atoms with Gasteiger partial charge in [-0.1, -0.05) is 26.8 Å². The summed E-state index contributed by atoms with van der Waals surface area (Å²) < 4.78 is 0.617. The predicted molar refractivity (Wildman–Crippen MR) is 108 cm³/mol.